The molecule has 2 N–H and O–H groups in total. The van der Waals surface area contributed by atoms with Crippen LogP contribution in [-0.4, -0.2) is 39.6 Å². The minimum Gasteiger partial charge on any atom is -0.468 e. The number of ether oxygens (including phenoxy) is 2. The number of sulfonamides is 1. The Morgan fingerprint density at radius 2 is 1.59 bits per heavy atom. The van der Waals surface area contributed by atoms with E-state index < -0.39 is 33.9 Å². The Bertz CT molecular complexity index is 1130. The maximum Gasteiger partial charge on any atom is 0.322 e. The van der Waals surface area contributed by atoms with E-state index in [4.69, 9.17) is 9.47 Å². The SMILES string of the molecule is COC(=O)C(C(=O)OC)C(Nc1ccc(S(=O)(=O)Nc2nccs2)cc1)c1ccccc1. The number of carbonyl (C=O) groups is 2. The Kier molecular flexibility index (Phi) is 7.44. The molecule has 0 saturated heterocycles. The largest absolute Gasteiger partial charge is 0.468 e. The van der Waals surface area contributed by atoms with Gasteiger partial charge in [0.05, 0.1) is 25.2 Å². The summed E-state index contributed by atoms with van der Waals surface area (Å²) in [4.78, 5) is 28.7. The molecule has 0 amide bonds. The fourth-order valence-electron chi connectivity index (χ4n) is 3.00. The molecule has 1 heterocycles. The quantitative estimate of drug-likeness (QED) is 0.357. The zero-order valence-corrected chi connectivity index (χ0v) is 18.9. The summed E-state index contributed by atoms with van der Waals surface area (Å²) in [5, 5.41) is 5.04. The van der Waals surface area contributed by atoms with Crippen LogP contribution in [0, 0.1) is 5.92 Å². The van der Waals surface area contributed by atoms with Crippen molar-refractivity contribution in [2.45, 2.75) is 10.9 Å². The van der Waals surface area contributed by atoms with Crippen LogP contribution in [0.25, 0.3) is 0 Å². The highest BCUT2D eigenvalue weighted by atomic mass is 32.2. The lowest BCUT2D eigenvalue weighted by Gasteiger charge is -2.26. The maximum absolute atomic E-state index is 12.5. The van der Waals surface area contributed by atoms with Crippen molar-refractivity contribution in [1.82, 2.24) is 4.98 Å². The van der Waals surface area contributed by atoms with Gasteiger partial charge in [-0.05, 0) is 29.8 Å². The monoisotopic (exact) mass is 475 g/mol. The molecule has 0 saturated carbocycles. The van der Waals surface area contributed by atoms with Crippen molar-refractivity contribution in [2.75, 3.05) is 24.3 Å². The number of nitrogens with one attached hydrogen (secondary N) is 2. The topological polar surface area (TPSA) is 124 Å². The summed E-state index contributed by atoms with van der Waals surface area (Å²) in [5.74, 6) is -2.79. The first kappa shape index (κ1) is 23.2. The van der Waals surface area contributed by atoms with Gasteiger partial charge in [-0.1, -0.05) is 30.3 Å². The van der Waals surface area contributed by atoms with E-state index in [-0.39, 0.29) is 10.0 Å². The minimum atomic E-state index is -3.81. The Balaban J connectivity index is 1.89. The zero-order chi connectivity index (χ0) is 23.1. The molecule has 2 aromatic carbocycles. The number of aromatic nitrogens is 1. The van der Waals surface area contributed by atoms with Gasteiger partial charge < -0.3 is 14.8 Å². The maximum atomic E-state index is 12.5. The number of rotatable bonds is 9. The number of hydrogen-bond acceptors (Lipinski definition) is 9. The van der Waals surface area contributed by atoms with E-state index in [1.165, 1.54) is 56.0 Å². The summed E-state index contributed by atoms with van der Waals surface area (Å²) < 4.78 is 37.1. The second-order valence-corrected chi connectivity index (χ2v) is 9.10. The van der Waals surface area contributed by atoms with Crippen LogP contribution in [0.3, 0.4) is 0 Å². The van der Waals surface area contributed by atoms with Crippen LogP contribution in [0.15, 0.2) is 71.1 Å². The minimum absolute atomic E-state index is 0.0343. The lowest BCUT2D eigenvalue weighted by molar-refractivity contribution is -0.159. The third kappa shape index (κ3) is 5.42. The van der Waals surface area contributed by atoms with Gasteiger partial charge in [-0.15, -0.1) is 11.3 Å². The molecule has 0 radical (unpaired) electrons. The van der Waals surface area contributed by atoms with Crippen LogP contribution in [0.5, 0.6) is 0 Å². The number of benzene rings is 2. The normalized spacial score (nSPS) is 12.1. The lowest BCUT2D eigenvalue weighted by Crippen LogP contribution is -2.35. The Morgan fingerprint density at radius 1 is 0.969 bits per heavy atom. The average Bonchev–Trinajstić information content (AvgIpc) is 3.31. The second-order valence-electron chi connectivity index (χ2n) is 6.52. The van der Waals surface area contributed by atoms with E-state index in [0.29, 0.717) is 11.3 Å². The number of thiazole rings is 1. The molecule has 3 rings (SSSR count). The highest BCUT2D eigenvalue weighted by Crippen LogP contribution is 2.30. The van der Waals surface area contributed by atoms with E-state index in [9.17, 15) is 18.0 Å². The van der Waals surface area contributed by atoms with Crippen LogP contribution in [0.4, 0.5) is 10.8 Å². The molecule has 1 aromatic heterocycles. The van der Waals surface area contributed by atoms with Crippen molar-refractivity contribution in [1.29, 1.82) is 0 Å². The van der Waals surface area contributed by atoms with Gasteiger partial charge in [0.25, 0.3) is 10.0 Å². The number of carbonyl (C=O) groups excluding carboxylic acids is 2. The molecule has 168 valence electrons. The molecule has 0 fully saturated rings. The molecule has 0 spiro atoms. The van der Waals surface area contributed by atoms with Crippen LogP contribution in [0.1, 0.15) is 11.6 Å². The van der Waals surface area contributed by atoms with Crippen LogP contribution < -0.4 is 10.0 Å². The van der Waals surface area contributed by atoms with Crippen LogP contribution in [0.2, 0.25) is 0 Å². The second kappa shape index (κ2) is 10.2. The van der Waals surface area contributed by atoms with Crippen molar-refractivity contribution in [2.24, 2.45) is 5.92 Å². The van der Waals surface area contributed by atoms with Crippen molar-refractivity contribution in [3.63, 3.8) is 0 Å². The van der Waals surface area contributed by atoms with E-state index in [2.05, 4.69) is 15.0 Å². The van der Waals surface area contributed by atoms with E-state index in [1.54, 1.807) is 35.7 Å². The third-order valence-corrected chi connectivity index (χ3v) is 6.72. The molecule has 32 heavy (non-hydrogen) atoms. The van der Waals surface area contributed by atoms with Crippen molar-refractivity contribution >= 4 is 44.1 Å². The lowest BCUT2D eigenvalue weighted by atomic mass is 9.92. The fraction of sp³-hybridized carbons (Fsp3) is 0.190. The van der Waals surface area contributed by atoms with Gasteiger partial charge in [0.2, 0.25) is 0 Å². The van der Waals surface area contributed by atoms with Gasteiger partial charge in [0.15, 0.2) is 11.0 Å². The molecule has 9 nitrogen and oxygen atoms in total. The van der Waals surface area contributed by atoms with E-state index in [1.807, 2.05) is 0 Å². The van der Waals surface area contributed by atoms with Crippen LogP contribution >= 0.6 is 11.3 Å². The van der Waals surface area contributed by atoms with Gasteiger partial charge in [-0.25, -0.2) is 13.4 Å². The molecular formula is C21H21N3O6S2. The van der Waals surface area contributed by atoms with Crippen LogP contribution in [-0.2, 0) is 29.1 Å². The molecule has 1 atom stereocenters. The average molecular weight is 476 g/mol. The Labute approximate surface area is 189 Å². The fourth-order valence-corrected chi connectivity index (χ4v) is 4.79. The van der Waals surface area contributed by atoms with Gasteiger partial charge in [-0.2, -0.15) is 0 Å². The van der Waals surface area contributed by atoms with Crippen molar-refractivity contribution < 1.29 is 27.5 Å². The summed E-state index contributed by atoms with van der Waals surface area (Å²) >= 11 is 1.17. The smallest absolute Gasteiger partial charge is 0.322 e. The number of methoxy groups -OCH3 is 2. The number of nitrogens with zero attached hydrogens (tertiary/aromatic N) is 1. The molecule has 0 aliphatic carbocycles. The summed E-state index contributed by atoms with van der Waals surface area (Å²) in [6.07, 6.45) is 1.50. The number of hydrogen-bond donors (Lipinski definition) is 2. The van der Waals surface area contributed by atoms with Crippen molar-refractivity contribution in [3.05, 3.63) is 71.7 Å². The first-order valence-electron chi connectivity index (χ1n) is 9.35. The molecule has 3 aromatic rings. The first-order valence-corrected chi connectivity index (χ1v) is 11.7. The zero-order valence-electron chi connectivity index (χ0n) is 17.2. The van der Waals surface area contributed by atoms with E-state index in [0.717, 1.165) is 0 Å². The summed E-state index contributed by atoms with van der Waals surface area (Å²) in [7, 11) is -1.43. The molecular weight excluding hydrogens is 454 g/mol. The summed E-state index contributed by atoms with van der Waals surface area (Å²) in [5.41, 5.74) is 1.14. The third-order valence-electron chi connectivity index (χ3n) is 4.54. The molecule has 1 unspecified atom stereocenters. The number of esters is 2. The molecule has 0 aliphatic heterocycles. The van der Waals surface area contributed by atoms with Gasteiger partial charge in [0, 0.05) is 17.3 Å². The summed E-state index contributed by atoms with van der Waals surface area (Å²) in [6, 6.07) is 14.0. The van der Waals surface area contributed by atoms with Gasteiger partial charge in [0.1, 0.15) is 0 Å². The molecule has 0 aliphatic rings. The highest BCUT2D eigenvalue weighted by molar-refractivity contribution is 7.93. The summed E-state index contributed by atoms with van der Waals surface area (Å²) in [6.45, 7) is 0. The highest BCUT2D eigenvalue weighted by Gasteiger charge is 2.38. The van der Waals surface area contributed by atoms with Crippen molar-refractivity contribution in [3.8, 4) is 0 Å². The van der Waals surface area contributed by atoms with Gasteiger partial charge in [-0.3, -0.25) is 14.3 Å². The first-order chi connectivity index (χ1) is 15.4. The number of anilines is 2. The predicted molar refractivity (Wildman–Crippen MR) is 120 cm³/mol. The molecule has 11 heteroatoms. The van der Waals surface area contributed by atoms with E-state index >= 15 is 0 Å². The standard InChI is InChI=1S/C21H21N3O6S2/c1-29-19(25)17(20(26)30-2)18(14-6-4-3-5-7-14)23-15-8-10-16(11-9-15)32(27,28)24-21-22-12-13-31-21/h3-13,17-18,23H,1-2H3,(H,22,24). The Morgan fingerprint density at radius 3 is 2.12 bits per heavy atom. The van der Waals surface area contributed by atoms with Gasteiger partial charge >= 0.3 is 11.9 Å². The Hall–Kier alpha value is -3.44. The molecule has 0 bridgehead atoms. The predicted octanol–water partition coefficient (Wildman–Crippen LogP) is 3.06.